The summed E-state index contributed by atoms with van der Waals surface area (Å²) >= 11 is 0. The fourth-order valence-electron chi connectivity index (χ4n) is 2.23. The van der Waals surface area contributed by atoms with Crippen LogP contribution in [0, 0.1) is 0 Å². The van der Waals surface area contributed by atoms with Crippen LogP contribution in [0.25, 0.3) is 6.08 Å². The van der Waals surface area contributed by atoms with Crippen LogP contribution in [0.4, 0.5) is 0 Å². The molecule has 1 heterocycles. The Balaban J connectivity index is 1.60. The van der Waals surface area contributed by atoms with Crippen LogP contribution in [-0.2, 0) is 9.53 Å². The van der Waals surface area contributed by atoms with Gasteiger partial charge in [0.2, 0.25) is 0 Å². The average Bonchev–Trinajstić information content (AvgIpc) is 3.34. The number of nitrogens with zero attached hydrogens (tertiary/aromatic N) is 1. The molecule has 1 amide bonds. The van der Waals surface area contributed by atoms with Crippen LogP contribution in [-0.4, -0.2) is 24.0 Å². The first kappa shape index (κ1) is 13.6. The molecule has 0 aromatic heterocycles. The van der Waals surface area contributed by atoms with Crippen LogP contribution in [0.15, 0.2) is 66.9 Å². The molecule has 1 aliphatic heterocycles. The van der Waals surface area contributed by atoms with Gasteiger partial charge in [0.15, 0.2) is 6.10 Å². The van der Waals surface area contributed by atoms with E-state index in [0.717, 1.165) is 11.1 Å². The van der Waals surface area contributed by atoms with Gasteiger partial charge in [-0.1, -0.05) is 60.7 Å². The van der Waals surface area contributed by atoms with Crippen molar-refractivity contribution in [3.05, 3.63) is 78.0 Å². The van der Waals surface area contributed by atoms with E-state index < -0.39 is 0 Å². The normalized spacial score (nSPS) is 20.4. The molecule has 3 nitrogen and oxygen atoms in total. The highest BCUT2D eigenvalue weighted by molar-refractivity contribution is 5.85. The third-order valence-electron chi connectivity index (χ3n) is 3.50. The number of rotatable bonds is 4. The minimum atomic E-state index is -0.363. The lowest BCUT2D eigenvalue weighted by atomic mass is 10.1. The van der Waals surface area contributed by atoms with Crippen LogP contribution in [0.3, 0.4) is 0 Å². The maximum absolute atomic E-state index is 12.3. The molecule has 2 atom stereocenters. The number of epoxide rings is 1. The van der Waals surface area contributed by atoms with Gasteiger partial charge in [0.1, 0.15) is 6.10 Å². The molecule has 0 bridgehead atoms. The van der Waals surface area contributed by atoms with Gasteiger partial charge in [0.05, 0.1) is 0 Å². The van der Waals surface area contributed by atoms with Gasteiger partial charge >= 0.3 is 0 Å². The number of ether oxygens (including phenoxy) is 1. The number of carbonyl (C=O) groups excluding carboxylic acids is 1. The first-order valence-electron chi connectivity index (χ1n) is 6.96. The van der Waals surface area contributed by atoms with Crippen molar-refractivity contribution in [2.45, 2.75) is 12.2 Å². The van der Waals surface area contributed by atoms with E-state index in [0.29, 0.717) is 0 Å². The van der Waals surface area contributed by atoms with Crippen molar-refractivity contribution in [1.82, 2.24) is 4.90 Å². The maximum atomic E-state index is 12.3. The summed E-state index contributed by atoms with van der Waals surface area (Å²) in [6, 6.07) is 19.7. The molecule has 106 valence electrons. The number of hydrogen-bond acceptors (Lipinski definition) is 2. The third kappa shape index (κ3) is 3.20. The van der Waals surface area contributed by atoms with Crippen LogP contribution < -0.4 is 0 Å². The van der Waals surface area contributed by atoms with Gasteiger partial charge in [0.25, 0.3) is 5.91 Å². The van der Waals surface area contributed by atoms with Crippen molar-refractivity contribution >= 4 is 12.0 Å². The molecule has 2 aromatic rings. The van der Waals surface area contributed by atoms with Gasteiger partial charge < -0.3 is 9.64 Å². The Labute approximate surface area is 124 Å². The molecule has 1 aliphatic rings. The van der Waals surface area contributed by atoms with E-state index in [1.54, 1.807) is 18.1 Å². The molecular formula is C18H17NO2. The van der Waals surface area contributed by atoms with E-state index in [-0.39, 0.29) is 18.1 Å². The predicted molar refractivity (Wildman–Crippen MR) is 82.3 cm³/mol. The second kappa shape index (κ2) is 5.94. The molecular weight excluding hydrogens is 262 g/mol. The second-order valence-corrected chi connectivity index (χ2v) is 5.06. The number of likely N-dealkylation sites (N-methyl/N-ethyl adjacent to an activating group) is 1. The van der Waals surface area contributed by atoms with E-state index in [9.17, 15) is 4.79 Å². The zero-order chi connectivity index (χ0) is 14.7. The van der Waals surface area contributed by atoms with Gasteiger partial charge in [0, 0.05) is 13.2 Å². The summed E-state index contributed by atoms with van der Waals surface area (Å²) in [6.45, 7) is 0. The van der Waals surface area contributed by atoms with Crippen LogP contribution >= 0.6 is 0 Å². The maximum Gasteiger partial charge on any atom is 0.258 e. The van der Waals surface area contributed by atoms with Gasteiger partial charge in [-0.25, -0.2) is 0 Å². The van der Waals surface area contributed by atoms with Crippen LogP contribution in [0.1, 0.15) is 17.2 Å². The van der Waals surface area contributed by atoms with Crippen molar-refractivity contribution in [3.63, 3.8) is 0 Å². The molecule has 0 aliphatic carbocycles. The topological polar surface area (TPSA) is 32.8 Å². The summed E-state index contributed by atoms with van der Waals surface area (Å²) in [5.74, 6) is -0.0176. The SMILES string of the molecule is CN(/C=C/c1ccccc1)C(=O)[C@@H]1O[C@H]1c1ccccc1. The Morgan fingerprint density at radius 3 is 2.33 bits per heavy atom. The molecule has 0 N–H and O–H groups in total. The van der Waals surface area contributed by atoms with Crippen molar-refractivity contribution in [2.24, 2.45) is 0 Å². The molecule has 1 fully saturated rings. The van der Waals surface area contributed by atoms with Gasteiger partial charge in [-0.15, -0.1) is 0 Å². The van der Waals surface area contributed by atoms with Gasteiger partial charge in [-0.3, -0.25) is 4.79 Å². The van der Waals surface area contributed by atoms with Crippen molar-refractivity contribution in [2.75, 3.05) is 7.05 Å². The Morgan fingerprint density at radius 1 is 1.05 bits per heavy atom. The summed E-state index contributed by atoms with van der Waals surface area (Å²) in [6.07, 6.45) is 3.23. The first-order chi connectivity index (χ1) is 10.3. The standard InChI is InChI=1S/C18H17NO2/c1-19(13-12-14-8-4-2-5-9-14)18(20)17-16(21-17)15-10-6-3-7-11-15/h2-13,16-17H,1H3/b13-12+/t16-,17+/m0/s1. The molecule has 0 saturated carbocycles. The summed E-state index contributed by atoms with van der Waals surface area (Å²) in [5, 5.41) is 0. The summed E-state index contributed by atoms with van der Waals surface area (Å²) < 4.78 is 5.51. The van der Waals surface area contributed by atoms with Crippen LogP contribution in [0.2, 0.25) is 0 Å². The van der Waals surface area contributed by atoms with E-state index in [1.807, 2.05) is 66.7 Å². The zero-order valence-electron chi connectivity index (χ0n) is 11.8. The van der Waals surface area contributed by atoms with E-state index >= 15 is 0 Å². The third-order valence-corrected chi connectivity index (χ3v) is 3.50. The summed E-state index contributed by atoms with van der Waals surface area (Å²) in [4.78, 5) is 13.8. The highest BCUT2D eigenvalue weighted by atomic mass is 16.6. The van der Waals surface area contributed by atoms with E-state index in [2.05, 4.69) is 0 Å². The molecule has 3 heteroatoms. The Bertz CT molecular complexity index is 637. The van der Waals surface area contributed by atoms with Crippen molar-refractivity contribution in [3.8, 4) is 0 Å². The van der Waals surface area contributed by atoms with Crippen molar-refractivity contribution in [1.29, 1.82) is 0 Å². The molecule has 0 spiro atoms. The summed E-state index contributed by atoms with van der Waals surface area (Å²) in [5.41, 5.74) is 2.12. The Kier molecular flexibility index (Phi) is 3.84. The Hall–Kier alpha value is -2.39. The lowest BCUT2D eigenvalue weighted by molar-refractivity contribution is -0.128. The van der Waals surface area contributed by atoms with E-state index in [1.165, 1.54) is 0 Å². The number of amides is 1. The van der Waals surface area contributed by atoms with Crippen LogP contribution in [0.5, 0.6) is 0 Å². The fraction of sp³-hybridized carbons (Fsp3) is 0.167. The minimum Gasteiger partial charge on any atom is -0.354 e. The smallest absolute Gasteiger partial charge is 0.258 e. The van der Waals surface area contributed by atoms with E-state index in [4.69, 9.17) is 4.74 Å². The molecule has 1 saturated heterocycles. The summed E-state index contributed by atoms with van der Waals surface area (Å²) in [7, 11) is 1.76. The fourth-order valence-corrected chi connectivity index (χ4v) is 2.23. The largest absolute Gasteiger partial charge is 0.354 e. The van der Waals surface area contributed by atoms with Gasteiger partial charge in [-0.2, -0.15) is 0 Å². The molecule has 3 rings (SSSR count). The molecule has 21 heavy (non-hydrogen) atoms. The molecule has 0 unspecified atom stereocenters. The lowest BCUT2D eigenvalue weighted by Gasteiger charge is -2.10. The number of benzene rings is 2. The quantitative estimate of drug-likeness (QED) is 0.805. The minimum absolute atomic E-state index is 0.0176. The average molecular weight is 279 g/mol. The first-order valence-corrected chi connectivity index (χ1v) is 6.96. The highest BCUT2D eigenvalue weighted by Gasteiger charge is 2.46. The zero-order valence-corrected chi connectivity index (χ0v) is 11.8. The van der Waals surface area contributed by atoms with Gasteiger partial charge in [-0.05, 0) is 17.2 Å². The predicted octanol–water partition coefficient (Wildman–Crippen LogP) is 3.26. The number of carbonyl (C=O) groups is 1. The number of hydrogen-bond donors (Lipinski definition) is 0. The molecule has 0 radical (unpaired) electrons. The highest BCUT2D eigenvalue weighted by Crippen LogP contribution is 2.39. The molecule has 2 aromatic carbocycles. The van der Waals surface area contributed by atoms with Crippen molar-refractivity contribution < 1.29 is 9.53 Å². The second-order valence-electron chi connectivity index (χ2n) is 5.06. The lowest BCUT2D eigenvalue weighted by Crippen LogP contribution is -2.26. The monoisotopic (exact) mass is 279 g/mol. The Morgan fingerprint density at radius 2 is 1.67 bits per heavy atom.